The van der Waals surface area contributed by atoms with Crippen molar-refractivity contribution in [2.75, 3.05) is 31.7 Å². The van der Waals surface area contributed by atoms with Gasteiger partial charge < -0.3 is 15.4 Å². The van der Waals surface area contributed by atoms with Gasteiger partial charge in [0, 0.05) is 20.1 Å². The van der Waals surface area contributed by atoms with Crippen LogP contribution in [0.5, 0.6) is 5.75 Å². The minimum atomic E-state index is -3.33. The molecule has 0 radical (unpaired) electrons. The van der Waals surface area contributed by atoms with Crippen molar-refractivity contribution in [3.8, 4) is 5.75 Å². The molecule has 0 aliphatic heterocycles. The fourth-order valence-electron chi connectivity index (χ4n) is 2.79. The van der Waals surface area contributed by atoms with Gasteiger partial charge in [-0.1, -0.05) is 35.9 Å². The maximum atomic E-state index is 11.5. The van der Waals surface area contributed by atoms with Crippen LogP contribution in [0, 0.1) is 6.92 Å². The average Bonchev–Trinajstić information content (AvgIpc) is 2.64. The zero-order valence-electron chi connectivity index (χ0n) is 17.2. The molecule has 0 heterocycles. The van der Waals surface area contributed by atoms with Crippen LogP contribution in [0.4, 0.5) is 5.69 Å². The highest BCUT2D eigenvalue weighted by molar-refractivity contribution is 14.0. The SMILES string of the molecule is CN=C(NCCc1cc(C)ccc1OC)NCc1ccccc1NS(C)(=O)=O.I. The lowest BCUT2D eigenvalue weighted by molar-refractivity contribution is 0.409. The van der Waals surface area contributed by atoms with Gasteiger partial charge in [0.25, 0.3) is 0 Å². The lowest BCUT2D eigenvalue weighted by atomic mass is 10.1. The van der Waals surface area contributed by atoms with E-state index in [1.54, 1.807) is 26.3 Å². The van der Waals surface area contributed by atoms with Crippen LogP contribution in [-0.2, 0) is 23.0 Å². The molecule has 0 amide bonds. The minimum Gasteiger partial charge on any atom is -0.496 e. The number of guanidine groups is 1. The third-order valence-corrected chi connectivity index (χ3v) is 4.70. The first-order valence-electron chi connectivity index (χ1n) is 8.96. The van der Waals surface area contributed by atoms with Crippen LogP contribution < -0.4 is 20.1 Å². The molecule has 0 spiro atoms. The van der Waals surface area contributed by atoms with Gasteiger partial charge in [-0.3, -0.25) is 9.71 Å². The Labute approximate surface area is 190 Å². The van der Waals surface area contributed by atoms with Crippen LogP contribution in [0.15, 0.2) is 47.5 Å². The highest BCUT2D eigenvalue weighted by atomic mass is 127. The molecular formula is C20H29IN4O3S. The molecule has 7 nitrogen and oxygen atoms in total. The van der Waals surface area contributed by atoms with Gasteiger partial charge in [-0.05, 0) is 36.6 Å². The summed E-state index contributed by atoms with van der Waals surface area (Å²) in [4.78, 5) is 4.22. The van der Waals surface area contributed by atoms with Gasteiger partial charge in [0.05, 0.1) is 19.1 Å². The van der Waals surface area contributed by atoms with Crippen molar-refractivity contribution in [2.24, 2.45) is 4.99 Å². The third-order valence-electron chi connectivity index (χ3n) is 4.11. The zero-order chi connectivity index (χ0) is 20.6. The second kappa shape index (κ2) is 11.9. The predicted octanol–water partition coefficient (Wildman–Crippen LogP) is 2.90. The molecule has 0 atom stereocenters. The number of nitrogens with zero attached hydrogens (tertiary/aromatic N) is 1. The molecule has 2 aromatic rings. The van der Waals surface area contributed by atoms with Gasteiger partial charge in [-0.15, -0.1) is 24.0 Å². The second-order valence-electron chi connectivity index (χ2n) is 6.45. The number of nitrogens with one attached hydrogen (secondary N) is 3. The van der Waals surface area contributed by atoms with Crippen LogP contribution in [0.3, 0.4) is 0 Å². The van der Waals surface area contributed by atoms with Gasteiger partial charge in [-0.2, -0.15) is 0 Å². The Kier molecular flexibility index (Phi) is 10.2. The fourth-order valence-corrected chi connectivity index (χ4v) is 3.39. The van der Waals surface area contributed by atoms with Crippen molar-refractivity contribution in [2.45, 2.75) is 19.9 Å². The maximum Gasteiger partial charge on any atom is 0.229 e. The number of aliphatic imine (C=N–C) groups is 1. The van der Waals surface area contributed by atoms with E-state index in [0.717, 1.165) is 29.6 Å². The quantitative estimate of drug-likeness (QED) is 0.276. The summed E-state index contributed by atoms with van der Waals surface area (Å²) in [6.07, 6.45) is 1.93. The largest absolute Gasteiger partial charge is 0.496 e. The first-order chi connectivity index (χ1) is 13.3. The van der Waals surface area contributed by atoms with Gasteiger partial charge >= 0.3 is 0 Å². The summed E-state index contributed by atoms with van der Waals surface area (Å²) < 4.78 is 31.0. The number of sulfonamides is 1. The van der Waals surface area contributed by atoms with Gasteiger partial charge in [0.15, 0.2) is 5.96 Å². The fraction of sp³-hybridized carbons (Fsp3) is 0.350. The van der Waals surface area contributed by atoms with E-state index in [9.17, 15) is 8.42 Å². The first-order valence-corrected chi connectivity index (χ1v) is 10.8. The Hall–Kier alpha value is -2.01. The van der Waals surface area contributed by atoms with E-state index in [2.05, 4.69) is 33.3 Å². The van der Waals surface area contributed by atoms with Crippen molar-refractivity contribution >= 4 is 45.6 Å². The molecular weight excluding hydrogens is 503 g/mol. The number of benzene rings is 2. The number of para-hydroxylation sites is 1. The van der Waals surface area contributed by atoms with E-state index in [1.807, 2.05) is 24.3 Å². The molecule has 2 aromatic carbocycles. The van der Waals surface area contributed by atoms with Gasteiger partial charge in [0.1, 0.15) is 5.75 Å². The number of rotatable bonds is 8. The van der Waals surface area contributed by atoms with E-state index in [4.69, 9.17) is 4.74 Å². The highest BCUT2D eigenvalue weighted by Crippen LogP contribution is 2.20. The van der Waals surface area contributed by atoms with Crippen LogP contribution in [0.2, 0.25) is 0 Å². The number of anilines is 1. The number of hydrogen-bond donors (Lipinski definition) is 3. The Morgan fingerprint density at radius 1 is 1.10 bits per heavy atom. The molecule has 0 aliphatic rings. The monoisotopic (exact) mass is 532 g/mol. The molecule has 160 valence electrons. The molecule has 0 aromatic heterocycles. The van der Waals surface area contributed by atoms with Crippen molar-refractivity contribution in [1.29, 1.82) is 0 Å². The Balaban J connectivity index is 0.00000420. The number of hydrogen-bond acceptors (Lipinski definition) is 4. The van der Waals surface area contributed by atoms with E-state index < -0.39 is 10.0 Å². The summed E-state index contributed by atoms with van der Waals surface area (Å²) in [5.41, 5.74) is 3.70. The lowest BCUT2D eigenvalue weighted by Gasteiger charge is -2.15. The molecule has 0 aliphatic carbocycles. The molecule has 2 rings (SSSR count). The van der Waals surface area contributed by atoms with Crippen molar-refractivity contribution in [1.82, 2.24) is 10.6 Å². The van der Waals surface area contributed by atoms with Crippen molar-refractivity contribution in [3.05, 3.63) is 59.2 Å². The molecule has 9 heteroatoms. The van der Waals surface area contributed by atoms with Crippen molar-refractivity contribution in [3.63, 3.8) is 0 Å². The molecule has 3 N–H and O–H groups in total. The number of methoxy groups -OCH3 is 1. The molecule has 0 saturated heterocycles. The van der Waals surface area contributed by atoms with Crippen LogP contribution in [-0.4, -0.2) is 41.3 Å². The topological polar surface area (TPSA) is 91.8 Å². The average molecular weight is 532 g/mol. The van der Waals surface area contributed by atoms with Crippen LogP contribution >= 0.6 is 24.0 Å². The van der Waals surface area contributed by atoms with E-state index in [-0.39, 0.29) is 24.0 Å². The molecule has 29 heavy (non-hydrogen) atoms. The zero-order valence-corrected chi connectivity index (χ0v) is 20.3. The summed E-state index contributed by atoms with van der Waals surface area (Å²) in [6, 6.07) is 13.4. The summed E-state index contributed by atoms with van der Waals surface area (Å²) in [6.45, 7) is 3.17. The Bertz CT molecular complexity index is 933. The summed E-state index contributed by atoms with van der Waals surface area (Å²) in [7, 11) is 0.0340. The smallest absolute Gasteiger partial charge is 0.229 e. The maximum absolute atomic E-state index is 11.5. The van der Waals surface area contributed by atoms with Crippen molar-refractivity contribution < 1.29 is 13.2 Å². The molecule has 0 bridgehead atoms. The van der Waals surface area contributed by atoms with Gasteiger partial charge in [-0.25, -0.2) is 8.42 Å². The second-order valence-corrected chi connectivity index (χ2v) is 8.20. The van der Waals surface area contributed by atoms with E-state index in [0.29, 0.717) is 24.7 Å². The molecule has 0 unspecified atom stereocenters. The van der Waals surface area contributed by atoms with Gasteiger partial charge in [0.2, 0.25) is 10.0 Å². The number of aryl methyl sites for hydroxylation is 1. The molecule has 0 fully saturated rings. The Morgan fingerprint density at radius 2 is 1.83 bits per heavy atom. The minimum absolute atomic E-state index is 0. The highest BCUT2D eigenvalue weighted by Gasteiger charge is 2.08. The summed E-state index contributed by atoms with van der Waals surface area (Å²) in [5.74, 6) is 1.51. The van der Waals surface area contributed by atoms with E-state index in [1.165, 1.54) is 5.56 Å². The van der Waals surface area contributed by atoms with Crippen LogP contribution in [0.25, 0.3) is 0 Å². The number of ether oxygens (including phenoxy) is 1. The van der Waals surface area contributed by atoms with Crippen LogP contribution in [0.1, 0.15) is 16.7 Å². The van der Waals surface area contributed by atoms with E-state index >= 15 is 0 Å². The summed E-state index contributed by atoms with van der Waals surface area (Å²) >= 11 is 0. The summed E-state index contributed by atoms with van der Waals surface area (Å²) in [5, 5.41) is 6.48. The molecule has 0 saturated carbocycles. The first kappa shape index (κ1) is 25.0. The predicted molar refractivity (Wildman–Crippen MR) is 130 cm³/mol. The normalized spacial score (nSPS) is 11.4. The number of halogens is 1. The Morgan fingerprint density at radius 3 is 2.48 bits per heavy atom. The lowest BCUT2D eigenvalue weighted by Crippen LogP contribution is -2.38. The standard InChI is InChI=1S/C20H28N4O3S.HI/c1-15-9-10-19(27-3)16(13-15)11-12-22-20(21-2)23-14-17-7-5-6-8-18(17)24-28(4,25)26;/h5-10,13,24H,11-12,14H2,1-4H3,(H2,21,22,23);1H. The third kappa shape index (κ3) is 8.48.